The fraction of sp³-hybridized carbons (Fsp3) is 0.333. The van der Waals surface area contributed by atoms with Gasteiger partial charge in [0.2, 0.25) is 0 Å². The predicted molar refractivity (Wildman–Crippen MR) is 58.2 cm³/mol. The van der Waals surface area contributed by atoms with Gasteiger partial charge in [0.25, 0.3) is 0 Å². The average molecular weight is 194 g/mol. The van der Waals surface area contributed by atoms with Crippen LogP contribution >= 0.6 is 0 Å². The van der Waals surface area contributed by atoms with E-state index in [-0.39, 0.29) is 0 Å². The van der Waals surface area contributed by atoms with Crippen molar-refractivity contribution < 1.29 is 9.68 Å². The molecule has 1 aliphatic heterocycles. The minimum Gasteiger partial charge on any atom is -0.423 e. The van der Waals surface area contributed by atoms with Crippen molar-refractivity contribution in [1.29, 1.82) is 0 Å². The molecule has 1 aromatic rings. The van der Waals surface area contributed by atoms with E-state index in [1.165, 1.54) is 7.05 Å². The maximum absolute atomic E-state index is 9.39. The first-order valence-corrected chi connectivity index (χ1v) is 4.53. The lowest BCUT2D eigenvalue weighted by Gasteiger charge is -2.18. The first kappa shape index (κ1) is 11.0. The molecule has 0 fully saturated rings. The number of fused-ring (bicyclic) bond motifs is 1. The topological polar surface area (TPSA) is 81.5 Å². The van der Waals surface area contributed by atoms with Gasteiger partial charge in [-0.1, -0.05) is 6.07 Å². The number of anilines is 1. The molecule has 2 rings (SSSR count). The van der Waals surface area contributed by atoms with Crippen LogP contribution in [0, 0.1) is 0 Å². The lowest BCUT2D eigenvalue weighted by molar-refractivity contribution is 0.266. The number of nitrogen functional groups attached to an aromatic ring is 1. The molecule has 0 radical (unpaired) electrons. The van der Waals surface area contributed by atoms with Crippen LogP contribution in [0.5, 0.6) is 0 Å². The molecule has 0 saturated heterocycles. The monoisotopic (exact) mass is 194 g/mol. The highest BCUT2D eigenvalue weighted by Gasteiger charge is 2.23. The molecule has 5 N–H and O–H groups in total. The van der Waals surface area contributed by atoms with Gasteiger partial charge in [0.1, 0.15) is 0 Å². The molecular weight excluding hydrogens is 179 g/mol. The molecule has 0 aromatic heterocycles. The van der Waals surface area contributed by atoms with Gasteiger partial charge in [-0.15, -0.1) is 0 Å². The van der Waals surface area contributed by atoms with E-state index in [1.807, 2.05) is 12.1 Å². The Hall–Kier alpha value is -1.04. The number of rotatable bonds is 0. The fourth-order valence-corrected chi connectivity index (χ4v) is 1.45. The Balaban J connectivity index is 0.000000461. The average Bonchev–Trinajstić information content (AvgIpc) is 2.21. The van der Waals surface area contributed by atoms with Crippen molar-refractivity contribution in [3.8, 4) is 0 Å². The number of benzene rings is 1. The van der Waals surface area contributed by atoms with Gasteiger partial charge in [-0.25, -0.2) is 0 Å². The summed E-state index contributed by atoms with van der Waals surface area (Å²) in [4.78, 5) is 0. The summed E-state index contributed by atoms with van der Waals surface area (Å²) in [6.07, 6.45) is 0.831. The van der Waals surface area contributed by atoms with Crippen LogP contribution in [0.1, 0.15) is 5.56 Å². The Kier molecular flexibility index (Phi) is 3.94. The fourth-order valence-electron chi connectivity index (χ4n) is 1.45. The normalized spacial score (nSPS) is 14.1. The van der Waals surface area contributed by atoms with E-state index in [9.17, 15) is 5.02 Å². The third-order valence-electron chi connectivity index (χ3n) is 2.08. The molecule has 0 bridgehead atoms. The second-order valence-corrected chi connectivity index (χ2v) is 2.93. The van der Waals surface area contributed by atoms with Crippen molar-refractivity contribution >= 4 is 18.3 Å². The highest BCUT2D eigenvalue weighted by molar-refractivity contribution is 6.60. The molecule has 0 amide bonds. The zero-order valence-corrected chi connectivity index (χ0v) is 8.23. The van der Waals surface area contributed by atoms with Crippen LogP contribution in [-0.4, -0.2) is 25.8 Å². The van der Waals surface area contributed by atoms with Crippen molar-refractivity contribution in [2.75, 3.05) is 19.4 Å². The quantitative estimate of drug-likeness (QED) is 0.369. The van der Waals surface area contributed by atoms with Crippen LogP contribution < -0.4 is 16.9 Å². The lowest BCUT2D eigenvalue weighted by atomic mass is 9.73. The van der Waals surface area contributed by atoms with Crippen molar-refractivity contribution in [2.45, 2.75) is 6.42 Å². The van der Waals surface area contributed by atoms with Gasteiger partial charge < -0.3 is 21.1 Å². The maximum Gasteiger partial charge on any atom is 0.491 e. The van der Waals surface area contributed by atoms with E-state index in [1.54, 1.807) is 6.07 Å². The highest BCUT2D eigenvalue weighted by atomic mass is 16.5. The summed E-state index contributed by atoms with van der Waals surface area (Å²) in [6.45, 7) is 0.567. The molecule has 5 heteroatoms. The minimum absolute atomic E-state index is 0.567. The molecule has 0 aliphatic carbocycles. The van der Waals surface area contributed by atoms with E-state index in [2.05, 4.69) is 5.73 Å². The summed E-state index contributed by atoms with van der Waals surface area (Å²) in [6, 6.07) is 5.48. The third-order valence-corrected chi connectivity index (χ3v) is 2.08. The van der Waals surface area contributed by atoms with Crippen LogP contribution in [-0.2, 0) is 11.1 Å². The van der Waals surface area contributed by atoms with E-state index >= 15 is 0 Å². The summed E-state index contributed by atoms with van der Waals surface area (Å²) in [5, 5.41) is 9.39. The van der Waals surface area contributed by atoms with Gasteiger partial charge in [-0.3, -0.25) is 0 Å². The summed E-state index contributed by atoms with van der Waals surface area (Å²) in [5.74, 6) is 0. The van der Waals surface area contributed by atoms with Crippen LogP contribution in [0.4, 0.5) is 5.69 Å². The first-order valence-electron chi connectivity index (χ1n) is 4.53. The standard InChI is InChI=1S/C8H10BNO2.CH5N/c10-7-1-2-8-6(5-7)3-4-12-9(8)11;1-2/h1-2,5,11H,3-4,10H2;2H2,1H3. The van der Waals surface area contributed by atoms with Crippen LogP contribution in [0.3, 0.4) is 0 Å². The molecule has 0 unspecified atom stereocenters. The van der Waals surface area contributed by atoms with Crippen LogP contribution in [0.25, 0.3) is 0 Å². The minimum atomic E-state index is -0.769. The van der Waals surface area contributed by atoms with Gasteiger partial charge in [-0.05, 0) is 36.6 Å². The molecule has 14 heavy (non-hydrogen) atoms. The van der Waals surface area contributed by atoms with Gasteiger partial charge in [0, 0.05) is 12.3 Å². The number of hydrogen-bond donors (Lipinski definition) is 3. The van der Waals surface area contributed by atoms with Gasteiger partial charge in [0.05, 0.1) is 0 Å². The van der Waals surface area contributed by atoms with Crippen LogP contribution in [0.15, 0.2) is 18.2 Å². The Labute approximate surface area is 84.0 Å². The predicted octanol–water partition coefficient (Wildman–Crippen LogP) is -0.896. The SMILES string of the molecule is CN.Nc1ccc2c(c1)CCOB2O. The van der Waals surface area contributed by atoms with E-state index in [0.29, 0.717) is 6.61 Å². The summed E-state index contributed by atoms with van der Waals surface area (Å²) in [5.41, 5.74) is 12.8. The van der Waals surface area contributed by atoms with Gasteiger partial charge in [-0.2, -0.15) is 0 Å². The Morgan fingerprint density at radius 2 is 2.14 bits per heavy atom. The molecule has 1 aromatic carbocycles. The van der Waals surface area contributed by atoms with Crippen LogP contribution in [0.2, 0.25) is 0 Å². The van der Waals surface area contributed by atoms with Crippen molar-refractivity contribution in [3.63, 3.8) is 0 Å². The van der Waals surface area contributed by atoms with E-state index < -0.39 is 7.12 Å². The smallest absolute Gasteiger partial charge is 0.423 e. The Morgan fingerprint density at radius 1 is 1.43 bits per heavy atom. The zero-order chi connectivity index (χ0) is 10.6. The van der Waals surface area contributed by atoms with Crippen molar-refractivity contribution in [1.82, 2.24) is 0 Å². The maximum atomic E-state index is 9.39. The second-order valence-electron chi connectivity index (χ2n) is 2.93. The van der Waals surface area contributed by atoms with Gasteiger partial charge >= 0.3 is 7.12 Å². The summed E-state index contributed by atoms with van der Waals surface area (Å²) in [7, 11) is 0.731. The summed E-state index contributed by atoms with van der Waals surface area (Å²) < 4.78 is 5.06. The molecule has 0 atom stereocenters. The molecule has 0 saturated carbocycles. The molecule has 1 heterocycles. The van der Waals surface area contributed by atoms with Gasteiger partial charge in [0.15, 0.2) is 0 Å². The molecule has 1 aliphatic rings. The molecule has 76 valence electrons. The molecule has 4 nitrogen and oxygen atoms in total. The van der Waals surface area contributed by atoms with E-state index in [0.717, 1.165) is 23.1 Å². The van der Waals surface area contributed by atoms with Crippen molar-refractivity contribution in [2.24, 2.45) is 5.73 Å². The first-order chi connectivity index (χ1) is 6.77. The molecule has 0 spiro atoms. The lowest BCUT2D eigenvalue weighted by Crippen LogP contribution is -2.41. The summed E-state index contributed by atoms with van der Waals surface area (Å²) >= 11 is 0. The number of hydrogen-bond acceptors (Lipinski definition) is 4. The van der Waals surface area contributed by atoms with Crippen molar-refractivity contribution in [3.05, 3.63) is 23.8 Å². The molecular formula is C9H15BN2O2. The highest BCUT2D eigenvalue weighted by Crippen LogP contribution is 2.10. The zero-order valence-electron chi connectivity index (χ0n) is 8.23. The second kappa shape index (κ2) is 5.00. The third kappa shape index (κ3) is 2.26. The Morgan fingerprint density at radius 3 is 2.86 bits per heavy atom. The number of nitrogens with two attached hydrogens (primary N) is 2. The largest absolute Gasteiger partial charge is 0.491 e. The van der Waals surface area contributed by atoms with E-state index in [4.69, 9.17) is 10.4 Å². The Bertz CT molecular complexity index is 307.